The first-order valence-corrected chi connectivity index (χ1v) is 6.70. The van der Waals surface area contributed by atoms with E-state index in [4.69, 9.17) is 17.3 Å². The second-order valence-corrected chi connectivity index (χ2v) is 5.02. The Labute approximate surface area is 123 Å². The van der Waals surface area contributed by atoms with Crippen molar-refractivity contribution in [1.29, 1.82) is 0 Å². The first kappa shape index (κ1) is 14.3. The van der Waals surface area contributed by atoms with Gasteiger partial charge in [-0.2, -0.15) is 0 Å². The van der Waals surface area contributed by atoms with Crippen molar-refractivity contribution in [3.63, 3.8) is 0 Å². The zero-order chi connectivity index (χ0) is 14.5. The number of amides is 1. The largest absolute Gasteiger partial charge is 0.384 e. The lowest BCUT2D eigenvalue weighted by Crippen LogP contribution is -2.27. The third kappa shape index (κ3) is 3.48. The zero-order valence-corrected chi connectivity index (χ0v) is 11.9. The van der Waals surface area contributed by atoms with E-state index < -0.39 is 0 Å². The number of pyridine rings is 1. The molecule has 1 aromatic heterocycles. The number of aromatic nitrogens is 1. The molecule has 2 rings (SSSR count). The molecule has 4 nitrogen and oxygen atoms in total. The van der Waals surface area contributed by atoms with E-state index in [1.807, 2.05) is 30.3 Å². The Morgan fingerprint density at radius 1 is 1.40 bits per heavy atom. The number of benzene rings is 1. The third-order valence-corrected chi connectivity index (χ3v) is 3.36. The molecule has 104 valence electrons. The number of anilines is 1. The number of carbonyl (C=O) groups excluding carboxylic acids is 1. The minimum Gasteiger partial charge on any atom is -0.384 e. The number of halogens is 1. The first-order chi connectivity index (χ1) is 9.58. The molecule has 0 saturated carbocycles. The van der Waals surface area contributed by atoms with Crippen LogP contribution >= 0.6 is 11.6 Å². The summed E-state index contributed by atoms with van der Waals surface area (Å²) in [5.41, 5.74) is 7.08. The SMILES string of the molecule is CC(CNC(=O)c1cc(N)ncc1Cl)c1ccccc1. The number of hydrogen-bond acceptors (Lipinski definition) is 3. The van der Waals surface area contributed by atoms with E-state index in [1.54, 1.807) is 0 Å². The van der Waals surface area contributed by atoms with Crippen LogP contribution in [-0.4, -0.2) is 17.4 Å². The number of rotatable bonds is 4. The summed E-state index contributed by atoms with van der Waals surface area (Å²) in [5, 5.41) is 3.15. The zero-order valence-electron chi connectivity index (χ0n) is 11.1. The van der Waals surface area contributed by atoms with Crippen molar-refractivity contribution in [3.8, 4) is 0 Å². The summed E-state index contributed by atoms with van der Waals surface area (Å²) in [7, 11) is 0. The fourth-order valence-corrected chi connectivity index (χ4v) is 2.06. The van der Waals surface area contributed by atoms with Gasteiger partial charge in [-0.3, -0.25) is 4.79 Å². The van der Waals surface area contributed by atoms with Gasteiger partial charge < -0.3 is 11.1 Å². The van der Waals surface area contributed by atoms with Crippen molar-refractivity contribution in [2.24, 2.45) is 0 Å². The molecular weight excluding hydrogens is 274 g/mol. The van der Waals surface area contributed by atoms with Crippen molar-refractivity contribution in [2.75, 3.05) is 12.3 Å². The van der Waals surface area contributed by atoms with E-state index in [2.05, 4.69) is 17.2 Å². The number of nitrogen functional groups attached to an aromatic ring is 1. The molecule has 0 aliphatic carbocycles. The van der Waals surface area contributed by atoms with E-state index in [9.17, 15) is 4.79 Å². The highest BCUT2D eigenvalue weighted by Gasteiger charge is 2.13. The van der Waals surface area contributed by atoms with Gasteiger partial charge in [0, 0.05) is 12.7 Å². The van der Waals surface area contributed by atoms with E-state index in [1.165, 1.54) is 17.8 Å². The Morgan fingerprint density at radius 3 is 2.80 bits per heavy atom. The Balaban J connectivity index is 2.00. The normalized spacial score (nSPS) is 11.9. The van der Waals surface area contributed by atoms with Gasteiger partial charge in [-0.15, -0.1) is 0 Å². The van der Waals surface area contributed by atoms with E-state index in [0.29, 0.717) is 17.1 Å². The van der Waals surface area contributed by atoms with E-state index >= 15 is 0 Å². The lowest BCUT2D eigenvalue weighted by molar-refractivity contribution is 0.0951. The lowest BCUT2D eigenvalue weighted by Gasteiger charge is -2.13. The number of nitrogens with zero attached hydrogens (tertiary/aromatic N) is 1. The molecule has 1 amide bonds. The highest BCUT2D eigenvalue weighted by atomic mass is 35.5. The molecule has 5 heteroatoms. The molecule has 2 aromatic rings. The van der Waals surface area contributed by atoms with Crippen molar-refractivity contribution in [3.05, 3.63) is 58.7 Å². The first-order valence-electron chi connectivity index (χ1n) is 6.32. The van der Waals surface area contributed by atoms with E-state index in [0.717, 1.165) is 0 Å². The third-order valence-electron chi connectivity index (χ3n) is 3.06. The maximum Gasteiger partial charge on any atom is 0.253 e. The van der Waals surface area contributed by atoms with Crippen LogP contribution in [0.3, 0.4) is 0 Å². The summed E-state index contributed by atoms with van der Waals surface area (Å²) >= 11 is 5.94. The van der Waals surface area contributed by atoms with Crippen LogP contribution in [0.25, 0.3) is 0 Å². The molecule has 1 aromatic carbocycles. The predicted octanol–water partition coefficient (Wildman–Crippen LogP) is 2.85. The van der Waals surface area contributed by atoms with Gasteiger partial charge >= 0.3 is 0 Å². The van der Waals surface area contributed by atoms with Crippen LogP contribution in [0.5, 0.6) is 0 Å². The number of hydrogen-bond donors (Lipinski definition) is 2. The summed E-state index contributed by atoms with van der Waals surface area (Å²) in [6.45, 7) is 2.58. The number of nitrogens with one attached hydrogen (secondary N) is 1. The molecule has 1 atom stereocenters. The average molecular weight is 290 g/mol. The van der Waals surface area contributed by atoms with Gasteiger partial charge in [0.25, 0.3) is 5.91 Å². The van der Waals surface area contributed by atoms with Gasteiger partial charge in [0.2, 0.25) is 0 Å². The minimum atomic E-state index is -0.244. The molecule has 3 N–H and O–H groups in total. The van der Waals surface area contributed by atoms with Crippen molar-refractivity contribution >= 4 is 23.3 Å². The predicted molar refractivity (Wildman–Crippen MR) is 80.8 cm³/mol. The Kier molecular flexibility index (Phi) is 4.58. The lowest BCUT2D eigenvalue weighted by atomic mass is 10.0. The van der Waals surface area contributed by atoms with Gasteiger partial charge in [0.1, 0.15) is 5.82 Å². The molecule has 1 unspecified atom stereocenters. The molecule has 1 heterocycles. The second kappa shape index (κ2) is 6.39. The molecule has 0 aliphatic rings. The van der Waals surface area contributed by atoms with Crippen LogP contribution in [0.4, 0.5) is 5.82 Å². The van der Waals surface area contributed by atoms with Gasteiger partial charge in [-0.05, 0) is 17.5 Å². The fourth-order valence-electron chi connectivity index (χ4n) is 1.87. The van der Waals surface area contributed by atoms with Crippen molar-refractivity contribution in [2.45, 2.75) is 12.8 Å². The Hall–Kier alpha value is -2.07. The van der Waals surface area contributed by atoms with Gasteiger partial charge in [0.15, 0.2) is 0 Å². The standard InChI is InChI=1S/C15H16ClN3O/c1-10(11-5-3-2-4-6-11)8-19-15(20)12-7-14(17)18-9-13(12)16/h2-7,9-10H,8H2,1H3,(H2,17,18)(H,19,20). The minimum absolute atomic E-state index is 0.220. The molecule has 0 spiro atoms. The van der Waals surface area contributed by atoms with Crippen LogP contribution in [0.15, 0.2) is 42.6 Å². The monoisotopic (exact) mass is 289 g/mol. The van der Waals surface area contributed by atoms with Crippen LogP contribution in [0.1, 0.15) is 28.8 Å². The molecule has 20 heavy (non-hydrogen) atoms. The molecule has 0 bridgehead atoms. The maximum atomic E-state index is 12.1. The number of carbonyl (C=O) groups is 1. The maximum absolute atomic E-state index is 12.1. The number of nitrogens with two attached hydrogens (primary N) is 1. The highest BCUT2D eigenvalue weighted by molar-refractivity contribution is 6.33. The van der Waals surface area contributed by atoms with Crippen LogP contribution < -0.4 is 11.1 Å². The summed E-state index contributed by atoms with van der Waals surface area (Å²) < 4.78 is 0. The second-order valence-electron chi connectivity index (χ2n) is 4.61. The van der Waals surface area contributed by atoms with Gasteiger partial charge in [-0.25, -0.2) is 4.98 Å². The summed E-state index contributed by atoms with van der Waals surface area (Å²) in [4.78, 5) is 15.9. The average Bonchev–Trinajstić information content (AvgIpc) is 2.47. The molecular formula is C15H16ClN3O. The topological polar surface area (TPSA) is 68.0 Å². The molecule has 0 saturated heterocycles. The molecule has 0 aliphatic heterocycles. The molecule has 0 radical (unpaired) electrons. The summed E-state index contributed by atoms with van der Waals surface area (Å²) in [6.07, 6.45) is 1.38. The smallest absolute Gasteiger partial charge is 0.253 e. The quantitative estimate of drug-likeness (QED) is 0.909. The van der Waals surface area contributed by atoms with Crippen molar-refractivity contribution < 1.29 is 4.79 Å². The highest BCUT2D eigenvalue weighted by Crippen LogP contribution is 2.17. The van der Waals surface area contributed by atoms with Crippen molar-refractivity contribution in [1.82, 2.24) is 10.3 Å². The van der Waals surface area contributed by atoms with Crippen LogP contribution in [0.2, 0.25) is 5.02 Å². The van der Waals surface area contributed by atoms with Gasteiger partial charge in [-0.1, -0.05) is 48.9 Å². The Bertz CT molecular complexity index is 601. The summed E-state index contributed by atoms with van der Waals surface area (Å²) in [5.74, 6) is 0.251. The van der Waals surface area contributed by atoms with Gasteiger partial charge in [0.05, 0.1) is 10.6 Å². The van der Waals surface area contributed by atoms with Crippen LogP contribution in [0, 0.1) is 0 Å². The fraction of sp³-hybridized carbons (Fsp3) is 0.200. The van der Waals surface area contributed by atoms with Crippen LogP contribution in [-0.2, 0) is 0 Å². The van der Waals surface area contributed by atoms with E-state index in [-0.39, 0.29) is 17.6 Å². The summed E-state index contributed by atoms with van der Waals surface area (Å²) in [6, 6.07) is 11.5. The Morgan fingerprint density at radius 2 is 2.10 bits per heavy atom. The molecule has 0 fully saturated rings.